The van der Waals surface area contributed by atoms with Crippen LogP contribution in [0.5, 0.6) is 5.75 Å². The fourth-order valence-corrected chi connectivity index (χ4v) is 4.67. The Morgan fingerprint density at radius 1 is 1.00 bits per heavy atom. The molecule has 1 amide bonds. The number of amides is 1. The zero-order chi connectivity index (χ0) is 24.5. The molecule has 1 fully saturated rings. The van der Waals surface area contributed by atoms with Gasteiger partial charge in [-0.3, -0.25) is 4.79 Å². The topological polar surface area (TPSA) is 93.7 Å². The van der Waals surface area contributed by atoms with E-state index in [9.17, 15) is 4.79 Å². The minimum Gasteiger partial charge on any atom is -0.497 e. The van der Waals surface area contributed by atoms with Crippen LogP contribution in [0.4, 0.5) is 5.69 Å². The predicted molar refractivity (Wildman–Crippen MR) is 132 cm³/mol. The van der Waals surface area contributed by atoms with Gasteiger partial charge in [0, 0.05) is 50.0 Å². The average Bonchev–Trinajstić information content (AvgIpc) is 3.40. The quantitative estimate of drug-likeness (QED) is 0.424. The van der Waals surface area contributed by atoms with Crippen LogP contribution in [0.2, 0.25) is 0 Å². The molecule has 35 heavy (non-hydrogen) atoms. The van der Waals surface area contributed by atoms with Gasteiger partial charge in [0.05, 0.1) is 12.8 Å². The summed E-state index contributed by atoms with van der Waals surface area (Å²) in [6.45, 7) is 8.93. The molecule has 1 aliphatic heterocycles. The van der Waals surface area contributed by atoms with Crippen molar-refractivity contribution in [2.45, 2.75) is 33.6 Å². The molecular weight excluding hydrogens is 444 g/mol. The van der Waals surface area contributed by atoms with Gasteiger partial charge in [-0.05, 0) is 57.0 Å². The Hall–Kier alpha value is -3.95. The number of carbonyl (C=O) groups is 1. The van der Waals surface area contributed by atoms with Crippen molar-refractivity contribution < 1.29 is 9.53 Å². The number of methoxy groups -OCH3 is 1. The van der Waals surface area contributed by atoms with Gasteiger partial charge in [-0.2, -0.15) is 9.61 Å². The molecule has 10 heteroatoms. The van der Waals surface area contributed by atoms with Gasteiger partial charge in [-0.15, -0.1) is 15.3 Å². The summed E-state index contributed by atoms with van der Waals surface area (Å²) < 4.78 is 8.88. The van der Waals surface area contributed by atoms with Crippen LogP contribution in [-0.2, 0) is 11.2 Å². The molecule has 0 N–H and O–H groups in total. The van der Waals surface area contributed by atoms with E-state index in [0.29, 0.717) is 24.3 Å². The number of aryl methyl sites for hydroxylation is 2. The van der Waals surface area contributed by atoms with E-state index in [0.717, 1.165) is 60.4 Å². The fourth-order valence-electron chi connectivity index (χ4n) is 4.67. The van der Waals surface area contributed by atoms with Gasteiger partial charge in [-0.1, -0.05) is 6.07 Å². The summed E-state index contributed by atoms with van der Waals surface area (Å²) in [6, 6.07) is 11.8. The van der Waals surface area contributed by atoms with Crippen molar-refractivity contribution >= 4 is 17.2 Å². The highest BCUT2D eigenvalue weighted by atomic mass is 16.5. The SMILES string of the molecule is COc1cccc(N2CCN(C(=O)CCc3c(C)nn(-c4ccc5nnc(C)n5n4)c3C)CC2)c1. The zero-order valence-corrected chi connectivity index (χ0v) is 20.6. The Morgan fingerprint density at radius 3 is 2.57 bits per heavy atom. The summed E-state index contributed by atoms with van der Waals surface area (Å²) in [6.07, 6.45) is 1.12. The molecule has 0 atom stereocenters. The van der Waals surface area contributed by atoms with Crippen molar-refractivity contribution in [3.8, 4) is 11.6 Å². The third kappa shape index (κ3) is 4.43. The second kappa shape index (κ2) is 9.36. The van der Waals surface area contributed by atoms with Crippen LogP contribution in [0.15, 0.2) is 36.4 Å². The molecule has 4 heterocycles. The molecule has 0 unspecified atom stereocenters. The molecule has 0 bridgehead atoms. The number of nitrogens with zero attached hydrogens (tertiary/aromatic N) is 8. The monoisotopic (exact) mass is 474 g/mol. The standard InChI is InChI=1S/C25H30N8O2/c1-17-22(18(2)32(28-17)24-10-9-23-27-26-19(3)33(23)29-24)8-11-25(34)31-14-12-30(13-15-31)20-6-5-7-21(16-20)35-4/h5-7,9-10,16H,8,11-15H2,1-4H3. The Labute approximate surface area is 204 Å². The maximum Gasteiger partial charge on any atom is 0.223 e. The van der Waals surface area contributed by atoms with Crippen LogP contribution in [0.3, 0.4) is 0 Å². The molecule has 1 aliphatic rings. The summed E-state index contributed by atoms with van der Waals surface area (Å²) in [5.74, 6) is 2.45. The first-order chi connectivity index (χ1) is 16.9. The first-order valence-electron chi connectivity index (χ1n) is 11.9. The number of hydrogen-bond donors (Lipinski definition) is 0. The van der Waals surface area contributed by atoms with E-state index in [1.807, 2.05) is 60.7 Å². The zero-order valence-electron chi connectivity index (χ0n) is 20.6. The van der Waals surface area contributed by atoms with E-state index in [1.54, 1.807) is 11.6 Å². The first kappa shape index (κ1) is 22.8. The van der Waals surface area contributed by atoms with Gasteiger partial charge in [-0.25, -0.2) is 4.68 Å². The van der Waals surface area contributed by atoms with Crippen LogP contribution < -0.4 is 9.64 Å². The van der Waals surface area contributed by atoms with Crippen LogP contribution in [0.25, 0.3) is 11.5 Å². The Bertz CT molecular complexity index is 1370. The van der Waals surface area contributed by atoms with Crippen LogP contribution >= 0.6 is 0 Å². The van der Waals surface area contributed by atoms with Crippen molar-refractivity contribution in [1.29, 1.82) is 0 Å². The smallest absolute Gasteiger partial charge is 0.223 e. The second-order valence-electron chi connectivity index (χ2n) is 8.84. The number of piperazine rings is 1. The summed E-state index contributed by atoms with van der Waals surface area (Å²) in [5, 5.41) is 17.5. The maximum atomic E-state index is 13.0. The molecule has 10 nitrogen and oxygen atoms in total. The molecule has 4 aromatic rings. The van der Waals surface area contributed by atoms with Crippen molar-refractivity contribution in [3.05, 3.63) is 59.2 Å². The number of aromatic nitrogens is 6. The number of rotatable bonds is 6. The highest BCUT2D eigenvalue weighted by Gasteiger charge is 2.23. The highest BCUT2D eigenvalue weighted by molar-refractivity contribution is 5.77. The molecule has 1 saturated heterocycles. The van der Waals surface area contributed by atoms with Gasteiger partial charge in [0.15, 0.2) is 17.3 Å². The lowest BCUT2D eigenvalue weighted by molar-refractivity contribution is -0.131. The van der Waals surface area contributed by atoms with Crippen molar-refractivity contribution in [2.24, 2.45) is 0 Å². The van der Waals surface area contributed by atoms with E-state index in [4.69, 9.17) is 9.84 Å². The van der Waals surface area contributed by atoms with Gasteiger partial charge in [0.1, 0.15) is 5.75 Å². The third-order valence-electron chi connectivity index (χ3n) is 6.70. The van der Waals surface area contributed by atoms with Crippen molar-refractivity contribution in [1.82, 2.24) is 34.5 Å². The fraction of sp³-hybridized carbons (Fsp3) is 0.400. The third-order valence-corrected chi connectivity index (χ3v) is 6.70. The van der Waals surface area contributed by atoms with Crippen molar-refractivity contribution in [2.75, 3.05) is 38.2 Å². The van der Waals surface area contributed by atoms with Gasteiger partial charge < -0.3 is 14.5 Å². The molecule has 0 aliphatic carbocycles. The van der Waals surface area contributed by atoms with E-state index in [2.05, 4.69) is 26.3 Å². The highest BCUT2D eigenvalue weighted by Crippen LogP contribution is 2.23. The van der Waals surface area contributed by atoms with E-state index in [1.165, 1.54) is 0 Å². The molecule has 1 aromatic carbocycles. The number of hydrogen-bond acceptors (Lipinski definition) is 7. The molecule has 0 radical (unpaired) electrons. The number of carbonyl (C=O) groups excluding carboxylic acids is 1. The molecule has 5 rings (SSSR count). The Balaban J connectivity index is 1.22. The van der Waals surface area contributed by atoms with Crippen molar-refractivity contribution in [3.63, 3.8) is 0 Å². The molecular formula is C25H30N8O2. The predicted octanol–water partition coefficient (Wildman–Crippen LogP) is 2.53. The summed E-state index contributed by atoms with van der Waals surface area (Å²) in [5.41, 5.74) is 4.83. The van der Waals surface area contributed by atoms with Crippen LogP contribution in [-0.4, -0.2) is 73.7 Å². The van der Waals surface area contributed by atoms with E-state index >= 15 is 0 Å². The molecule has 0 spiro atoms. The summed E-state index contributed by atoms with van der Waals surface area (Å²) in [7, 11) is 1.68. The average molecular weight is 475 g/mol. The van der Waals surface area contributed by atoms with Gasteiger partial charge in [0.25, 0.3) is 0 Å². The molecule has 3 aromatic heterocycles. The van der Waals surface area contributed by atoms with Crippen LogP contribution in [0.1, 0.15) is 29.2 Å². The van der Waals surface area contributed by atoms with Gasteiger partial charge in [0.2, 0.25) is 5.91 Å². The lowest BCUT2D eigenvalue weighted by Gasteiger charge is -2.36. The van der Waals surface area contributed by atoms with E-state index in [-0.39, 0.29) is 5.91 Å². The number of ether oxygens (including phenoxy) is 1. The molecule has 0 saturated carbocycles. The first-order valence-corrected chi connectivity index (χ1v) is 11.9. The summed E-state index contributed by atoms with van der Waals surface area (Å²) in [4.78, 5) is 17.3. The largest absolute Gasteiger partial charge is 0.497 e. The summed E-state index contributed by atoms with van der Waals surface area (Å²) >= 11 is 0. The van der Waals surface area contributed by atoms with E-state index < -0.39 is 0 Å². The second-order valence-corrected chi connectivity index (χ2v) is 8.84. The van der Waals surface area contributed by atoms with Gasteiger partial charge >= 0.3 is 0 Å². The van der Waals surface area contributed by atoms with Crippen LogP contribution in [0, 0.1) is 20.8 Å². The maximum absolute atomic E-state index is 13.0. The number of fused-ring (bicyclic) bond motifs is 1. The molecule has 182 valence electrons. The minimum atomic E-state index is 0.182. The Kier molecular flexibility index (Phi) is 6.10. The normalized spacial score (nSPS) is 14.1. The lowest BCUT2D eigenvalue weighted by atomic mass is 10.1. The minimum absolute atomic E-state index is 0.182. The Morgan fingerprint density at radius 2 is 1.80 bits per heavy atom. The number of anilines is 1. The lowest BCUT2D eigenvalue weighted by Crippen LogP contribution is -2.48. The number of benzene rings is 1.